The summed E-state index contributed by atoms with van der Waals surface area (Å²) >= 11 is 0. The van der Waals surface area contributed by atoms with Gasteiger partial charge in [0.05, 0.1) is 12.0 Å². The number of amides is 2. The monoisotopic (exact) mass is 470 g/mol. The van der Waals surface area contributed by atoms with Crippen molar-refractivity contribution in [3.63, 3.8) is 0 Å². The Morgan fingerprint density at radius 3 is 2.06 bits per heavy atom. The average Bonchev–Trinajstić information content (AvgIpc) is 3.53. The van der Waals surface area contributed by atoms with Crippen LogP contribution in [-0.2, 0) is 16.1 Å². The van der Waals surface area contributed by atoms with Gasteiger partial charge >= 0.3 is 12.1 Å². The second-order valence-corrected chi connectivity index (χ2v) is 9.18. The van der Waals surface area contributed by atoms with Crippen LogP contribution >= 0.6 is 0 Å². The van der Waals surface area contributed by atoms with E-state index in [4.69, 9.17) is 9.84 Å². The van der Waals surface area contributed by atoms with E-state index in [1.54, 1.807) is 24.3 Å². The van der Waals surface area contributed by atoms with Gasteiger partial charge in [0.2, 0.25) is 0 Å². The van der Waals surface area contributed by atoms with Crippen molar-refractivity contribution in [1.82, 2.24) is 10.6 Å². The van der Waals surface area contributed by atoms with Gasteiger partial charge in [-0.3, -0.25) is 9.59 Å². The van der Waals surface area contributed by atoms with Gasteiger partial charge in [0.25, 0.3) is 5.91 Å². The van der Waals surface area contributed by atoms with Crippen LogP contribution in [0.2, 0.25) is 0 Å². The van der Waals surface area contributed by atoms with Gasteiger partial charge in [0, 0.05) is 18.0 Å². The lowest BCUT2D eigenvalue weighted by atomic mass is 9.98. The van der Waals surface area contributed by atoms with Crippen molar-refractivity contribution in [2.75, 3.05) is 6.61 Å². The molecule has 7 heteroatoms. The molecule has 0 aliphatic heterocycles. The maximum Gasteiger partial charge on any atom is 0.407 e. The molecule has 0 saturated heterocycles. The van der Waals surface area contributed by atoms with Crippen LogP contribution in [0.5, 0.6) is 0 Å². The minimum atomic E-state index is -0.919. The molecule has 5 rings (SSSR count). The largest absolute Gasteiger partial charge is 0.481 e. The maximum atomic E-state index is 12.5. The standard InChI is InChI=1S/C28H26N2O5/c31-25(32)15-28(13-14-28)30-26(33)19-11-9-18(10-12-19)16-29-27(34)35-17-24-22-7-3-1-5-20(22)21-6-2-4-8-23(21)24/h1-12,24H,13-17H2,(H,29,34)(H,30,33)(H,31,32). The van der Waals surface area contributed by atoms with E-state index >= 15 is 0 Å². The molecule has 0 aromatic heterocycles. The van der Waals surface area contributed by atoms with E-state index in [0.29, 0.717) is 18.4 Å². The normalized spacial score (nSPS) is 15.0. The highest BCUT2D eigenvalue weighted by atomic mass is 16.5. The molecule has 0 radical (unpaired) electrons. The number of fused-ring (bicyclic) bond motifs is 3. The number of ether oxygens (including phenoxy) is 1. The van der Waals surface area contributed by atoms with E-state index in [-0.39, 0.29) is 31.4 Å². The molecule has 2 amide bonds. The van der Waals surface area contributed by atoms with Gasteiger partial charge in [-0.15, -0.1) is 0 Å². The number of carbonyl (C=O) groups is 3. The number of hydrogen-bond acceptors (Lipinski definition) is 4. The molecule has 0 unspecified atom stereocenters. The molecular formula is C28H26N2O5. The van der Waals surface area contributed by atoms with Gasteiger partial charge < -0.3 is 20.5 Å². The quantitative estimate of drug-likeness (QED) is 0.451. The summed E-state index contributed by atoms with van der Waals surface area (Å²) in [5, 5.41) is 14.6. The zero-order chi connectivity index (χ0) is 24.4. The van der Waals surface area contributed by atoms with E-state index < -0.39 is 17.6 Å². The first kappa shape index (κ1) is 22.7. The minimum Gasteiger partial charge on any atom is -0.481 e. The fourth-order valence-electron chi connectivity index (χ4n) is 4.70. The summed E-state index contributed by atoms with van der Waals surface area (Å²) in [5.74, 6) is -1.21. The SMILES string of the molecule is O=C(O)CC1(NC(=O)c2ccc(CNC(=O)OCC3c4ccccc4-c4ccccc43)cc2)CC1. The lowest BCUT2D eigenvalue weighted by Gasteiger charge is -2.15. The lowest BCUT2D eigenvalue weighted by Crippen LogP contribution is -2.38. The van der Waals surface area contributed by atoms with Crippen molar-refractivity contribution < 1.29 is 24.2 Å². The summed E-state index contributed by atoms with van der Waals surface area (Å²) in [7, 11) is 0. The molecule has 0 spiro atoms. The Balaban J connectivity index is 1.13. The molecule has 0 bridgehead atoms. The molecular weight excluding hydrogens is 444 g/mol. The molecule has 7 nitrogen and oxygen atoms in total. The topological polar surface area (TPSA) is 105 Å². The van der Waals surface area contributed by atoms with Gasteiger partial charge in [-0.2, -0.15) is 0 Å². The van der Waals surface area contributed by atoms with Crippen LogP contribution < -0.4 is 10.6 Å². The predicted molar refractivity (Wildman–Crippen MR) is 130 cm³/mol. The molecule has 2 aliphatic carbocycles. The van der Waals surface area contributed by atoms with Gasteiger partial charge in [-0.05, 0) is 52.8 Å². The fraction of sp³-hybridized carbons (Fsp3) is 0.250. The smallest absolute Gasteiger partial charge is 0.407 e. The van der Waals surface area contributed by atoms with Crippen LogP contribution in [-0.4, -0.2) is 35.2 Å². The molecule has 3 N–H and O–H groups in total. The third kappa shape index (κ3) is 4.89. The predicted octanol–water partition coefficient (Wildman–Crippen LogP) is 4.46. The van der Waals surface area contributed by atoms with E-state index in [9.17, 15) is 14.4 Å². The minimum absolute atomic E-state index is 0.00170. The zero-order valence-electron chi connectivity index (χ0n) is 19.1. The van der Waals surface area contributed by atoms with Crippen molar-refractivity contribution in [1.29, 1.82) is 0 Å². The van der Waals surface area contributed by atoms with Crippen LogP contribution in [0.4, 0.5) is 4.79 Å². The molecule has 3 aromatic rings. The van der Waals surface area contributed by atoms with Crippen LogP contribution in [0.25, 0.3) is 11.1 Å². The van der Waals surface area contributed by atoms with Crippen molar-refractivity contribution >= 4 is 18.0 Å². The molecule has 1 fully saturated rings. The summed E-state index contributed by atoms with van der Waals surface area (Å²) in [6.07, 6.45) is 0.777. The number of hydrogen-bond donors (Lipinski definition) is 3. The van der Waals surface area contributed by atoms with E-state index in [1.165, 1.54) is 11.1 Å². The summed E-state index contributed by atoms with van der Waals surface area (Å²) in [5.41, 5.74) is 5.33. The zero-order valence-corrected chi connectivity index (χ0v) is 19.1. The van der Waals surface area contributed by atoms with Crippen LogP contribution in [0, 0.1) is 0 Å². The van der Waals surface area contributed by atoms with Crippen molar-refractivity contribution in [3.05, 3.63) is 95.1 Å². The van der Waals surface area contributed by atoms with Crippen molar-refractivity contribution in [2.45, 2.75) is 37.3 Å². The molecule has 1 saturated carbocycles. The molecule has 35 heavy (non-hydrogen) atoms. The van der Waals surface area contributed by atoms with E-state index in [0.717, 1.165) is 16.7 Å². The highest BCUT2D eigenvalue weighted by molar-refractivity contribution is 5.95. The number of carboxylic acids is 1. The Labute approximate surface area is 203 Å². The Hall–Kier alpha value is -4.13. The highest BCUT2D eigenvalue weighted by Crippen LogP contribution is 2.44. The van der Waals surface area contributed by atoms with Crippen LogP contribution in [0.3, 0.4) is 0 Å². The highest BCUT2D eigenvalue weighted by Gasteiger charge is 2.45. The van der Waals surface area contributed by atoms with Crippen molar-refractivity contribution in [2.24, 2.45) is 0 Å². The first-order valence-electron chi connectivity index (χ1n) is 11.7. The molecule has 178 valence electrons. The maximum absolute atomic E-state index is 12.5. The van der Waals surface area contributed by atoms with Gasteiger partial charge in [-0.1, -0.05) is 60.7 Å². The summed E-state index contributed by atoms with van der Waals surface area (Å²) in [6, 6.07) is 23.2. The van der Waals surface area contributed by atoms with E-state index in [1.807, 2.05) is 24.3 Å². The number of rotatable bonds is 8. The molecule has 2 aliphatic rings. The Morgan fingerprint density at radius 1 is 0.886 bits per heavy atom. The van der Waals surface area contributed by atoms with Gasteiger partial charge in [0.15, 0.2) is 0 Å². The number of carbonyl (C=O) groups excluding carboxylic acids is 2. The third-order valence-electron chi connectivity index (χ3n) is 6.72. The summed E-state index contributed by atoms with van der Waals surface area (Å²) in [6.45, 7) is 0.512. The summed E-state index contributed by atoms with van der Waals surface area (Å²) in [4.78, 5) is 35.8. The average molecular weight is 471 g/mol. The van der Waals surface area contributed by atoms with Crippen molar-refractivity contribution in [3.8, 4) is 11.1 Å². The van der Waals surface area contributed by atoms with Crippen LogP contribution in [0.1, 0.15) is 52.2 Å². The number of carboxylic acid groups (broad SMARTS) is 1. The first-order chi connectivity index (χ1) is 16.9. The summed E-state index contributed by atoms with van der Waals surface area (Å²) < 4.78 is 5.55. The molecule has 3 aromatic carbocycles. The number of benzene rings is 3. The molecule has 0 atom stereocenters. The van der Waals surface area contributed by atoms with E-state index in [2.05, 4.69) is 34.9 Å². The number of alkyl carbamates (subject to hydrolysis) is 1. The Morgan fingerprint density at radius 2 is 1.49 bits per heavy atom. The number of nitrogens with one attached hydrogen (secondary N) is 2. The van der Waals surface area contributed by atoms with Gasteiger partial charge in [0.1, 0.15) is 6.61 Å². The lowest BCUT2D eigenvalue weighted by molar-refractivity contribution is -0.137. The fourth-order valence-corrected chi connectivity index (χ4v) is 4.70. The first-order valence-corrected chi connectivity index (χ1v) is 11.7. The second kappa shape index (κ2) is 9.25. The van der Waals surface area contributed by atoms with Crippen LogP contribution in [0.15, 0.2) is 72.8 Å². The Kier molecular flexibility index (Phi) is 5.99. The number of aliphatic carboxylic acids is 1. The Bertz CT molecular complexity index is 1240. The third-order valence-corrected chi connectivity index (χ3v) is 6.72. The molecule has 0 heterocycles. The second-order valence-electron chi connectivity index (χ2n) is 9.18. The van der Waals surface area contributed by atoms with Gasteiger partial charge in [-0.25, -0.2) is 4.79 Å².